The zero-order chi connectivity index (χ0) is 14.1. The number of benzene rings is 1. The third kappa shape index (κ3) is 2.39. The molecular weight excluding hydrogens is 266 g/mol. The zero-order valence-electron chi connectivity index (χ0n) is 11.8. The maximum atomic E-state index is 5.43. The normalized spacial score (nSPS) is 17.0. The van der Waals surface area contributed by atoms with Gasteiger partial charge in [0, 0.05) is 24.7 Å². The average Bonchev–Trinajstić information content (AvgIpc) is 3.03. The Bertz CT molecular complexity index is 654. The highest BCUT2D eigenvalue weighted by Gasteiger charge is 2.16. The predicted molar refractivity (Wildman–Crippen MR) is 79.7 cm³/mol. The summed E-state index contributed by atoms with van der Waals surface area (Å²) in [5.41, 5.74) is 1.95. The minimum Gasteiger partial charge on any atom is -0.454 e. The van der Waals surface area contributed by atoms with Crippen molar-refractivity contribution in [1.29, 1.82) is 0 Å². The third-order valence-electron chi connectivity index (χ3n) is 4.00. The second kappa shape index (κ2) is 5.24. The molecule has 3 heterocycles. The largest absolute Gasteiger partial charge is 0.454 e. The molecule has 0 spiro atoms. The Morgan fingerprint density at radius 3 is 2.67 bits per heavy atom. The summed E-state index contributed by atoms with van der Waals surface area (Å²) in [6.45, 7) is 2.46. The van der Waals surface area contributed by atoms with E-state index in [1.807, 2.05) is 18.2 Å². The van der Waals surface area contributed by atoms with E-state index in [0.717, 1.165) is 41.7 Å². The molecule has 0 amide bonds. The van der Waals surface area contributed by atoms with Gasteiger partial charge in [0.2, 0.25) is 6.79 Å². The van der Waals surface area contributed by atoms with Crippen molar-refractivity contribution in [2.75, 3.05) is 24.8 Å². The molecule has 0 atom stereocenters. The van der Waals surface area contributed by atoms with Gasteiger partial charge in [-0.25, -0.2) is 9.97 Å². The molecule has 0 bridgehead atoms. The molecule has 2 aliphatic heterocycles. The number of anilines is 1. The number of ether oxygens (including phenoxy) is 2. The van der Waals surface area contributed by atoms with Crippen molar-refractivity contribution < 1.29 is 9.47 Å². The fourth-order valence-corrected chi connectivity index (χ4v) is 2.86. The van der Waals surface area contributed by atoms with Crippen LogP contribution in [0.4, 0.5) is 5.82 Å². The number of nitrogens with zero attached hydrogens (tertiary/aromatic N) is 3. The van der Waals surface area contributed by atoms with Crippen LogP contribution in [0, 0.1) is 0 Å². The second-order valence-electron chi connectivity index (χ2n) is 5.38. The minimum atomic E-state index is 0.293. The molecule has 0 N–H and O–H groups in total. The zero-order valence-corrected chi connectivity index (χ0v) is 11.8. The van der Waals surface area contributed by atoms with Gasteiger partial charge in [0.05, 0.1) is 5.69 Å². The number of hydrogen-bond donors (Lipinski definition) is 0. The highest BCUT2D eigenvalue weighted by Crippen LogP contribution is 2.35. The van der Waals surface area contributed by atoms with Crippen molar-refractivity contribution in [3.05, 3.63) is 30.6 Å². The second-order valence-corrected chi connectivity index (χ2v) is 5.38. The van der Waals surface area contributed by atoms with Crippen LogP contribution in [-0.4, -0.2) is 29.9 Å². The Kier molecular flexibility index (Phi) is 3.10. The molecule has 1 saturated heterocycles. The average molecular weight is 283 g/mol. The summed E-state index contributed by atoms with van der Waals surface area (Å²) in [5.74, 6) is 2.59. The van der Waals surface area contributed by atoms with Crippen LogP contribution in [0.3, 0.4) is 0 Å². The van der Waals surface area contributed by atoms with Crippen LogP contribution >= 0.6 is 0 Å². The molecule has 21 heavy (non-hydrogen) atoms. The number of piperidine rings is 1. The molecule has 4 rings (SSSR count). The van der Waals surface area contributed by atoms with Gasteiger partial charge in [-0.15, -0.1) is 0 Å². The smallest absolute Gasteiger partial charge is 0.231 e. The molecule has 5 heteroatoms. The summed E-state index contributed by atoms with van der Waals surface area (Å²) >= 11 is 0. The van der Waals surface area contributed by atoms with Crippen molar-refractivity contribution in [3.8, 4) is 22.8 Å². The molecule has 1 aromatic heterocycles. The van der Waals surface area contributed by atoms with Crippen LogP contribution in [-0.2, 0) is 0 Å². The fraction of sp³-hybridized carbons (Fsp3) is 0.375. The lowest BCUT2D eigenvalue weighted by molar-refractivity contribution is 0.174. The summed E-state index contributed by atoms with van der Waals surface area (Å²) in [6, 6.07) is 7.98. The van der Waals surface area contributed by atoms with E-state index in [2.05, 4.69) is 20.9 Å². The summed E-state index contributed by atoms with van der Waals surface area (Å²) < 4.78 is 10.8. The summed E-state index contributed by atoms with van der Waals surface area (Å²) in [4.78, 5) is 11.2. The minimum absolute atomic E-state index is 0.293. The standard InChI is InChI=1S/C16H17N3O2/c1-2-6-19(7-3-1)16-9-13(17-10-18-16)12-4-5-14-15(8-12)21-11-20-14/h4-5,8-10H,1-3,6-7,11H2. The maximum absolute atomic E-state index is 5.43. The van der Waals surface area contributed by atoms with Crippen LogP contribution in [0.5, 0.6) is 11.5 Å². The van der Waals surface area contributed by atoms with Crippen LogP contribution in [0.2, 0.25) is 0 Å². The first-order valence-electron chi connectivity index (χ1n) is 7.37. The van der Waals surface area contributed by atoms with Crippen LogP contribution in [0.15, 0.2) is 30.6 Å². The Labute approximate surface area is 123 Å². The molecule has 2 aromatic rings. The van der Waals surface area contributed by atoms with Gasteiger partial charge in [-0.1, -0.05) is 0 Å². The van der Waals surface area contributed by atoms with Gasteiger partial charge in [-0.05, 0) is 37.5 Å². The van der Waals surface area contributed by atoms with Crippen molar-refractivity contribution >= 4 is 5.82 Å². The highest BCUT2D eigenvalue weighted by molar-refractivity contribution is 5.66. The summed E-state index contributed by atoms with van der Waals surface area (Å²) in [5, 5.41) is 0. The molecule has 0 saturated carbocycles. The first-order chi connectivity index (χ1) is 10.4. The Morgan fingerprint density at radius 2 is 1.76 bits per heavy atom. The molecule has 2 aliphatic rings. The Morgan fingerprint density at radius 1 is 0.905 bits per heavy atom. The molecule has 5 nitrogen and oxygen atoms in total. The van der Waals surface area contributed by atoms with E-state index < -0.39 is 0 Å². The molecule has 0 radical (unpaired) electrons. The Hall–Kier alpha value is -2.30. The lowest BCUT2D eigenvalue weighted by atomic mass is 10.1. The molecule has 108 valence electrons. The molecule has 1 fully saturated rings. The van der Waals surface area contributed by atoms with E-state index in [1.165, 1.54) is 19.3 Å². The van der Waals surface area contributed by atoms with E-state index in [-0.39, 0.29) is 0 Å². The number of rotatable bonds is 2. The third-order valence-corrected chi connectivity index (χ3v) is 4.00. The van der Waals surface area contributed by atoms with Crippen molar-refractivity contribution in [1.82, 2.24) is 9.97 Å². The lowest BCUT2D eigenvalue weighted by Crippen LogP contribution is -2.30. The summed E-state index contributed by atoms with van der Waals surface area (Å²) in [6.07, 6.45) is 5.44. The van der Waals surface area contributed by atoms with E-state index in [9.17, 15) is 0 Å². The molecule has 1 aromatic carbocycles. The maximum Gasteiger partial charge on any atom is 0.231 e. The van der Waals surface area contributed by atoms with Gasteiger partial charge in [0.15, 0.2) is 11.5 Å². The van der Waals surface area contributed by atoms with E-state index in [0.29, 0.717) is 6.79 Å². The highest BCUT2D eigenvalue weighted by atomic mass is 16.7. The van der Waals surface area contributed by atoms with Gasteiger partial charge >= 0.3 is 0 Å². The van der Waals surface area contributed by atoms with Crippen molar-refractivity contribution in [3.63, 3.8) is 0 Å². The molecule has 0 aliphatic carbocycles. The first kappa shape index (κ1) is 12.4. The predicted octanol–water partition coefficient (Wildman–Crippen LogP) is 2.86. The van der Waals surface area contributed by atoms with E-state index in [4.69, 9.17) is 9.47 Å². The van der Waals surface area contributed by atoms with Crippen LogP contribution in [0.25, 0.3) is 11.3 Å². The van der Waals surface area contributed by atoms with Crippen molar-refractivity contribution in [2.45, 2.75) is 19.3 Å². The number of fused-ring (bicyclic) bond motifs is 1. The van der Waals surface area contributed by atoms with Gasteiger partial charge in [0.25, 0.3) is 0 Å². The van der Waals surface area contributed by atoms with E-state index >= 15 is 0 Å². The van der Waals surface area contributed by atoms with E-state index in [1.54, 1.807) is 6.33 Å². The number of hydrogen-bond acceptors (Lipinski definition) is 5. The summed E-state index contributed by atoms with van der Waals surface area (Å²) in [7, 11) is 0. The molecular formula is C16H17N3O2. The first-order valence-corrected chi connectivity index (χ1v) is 7.37. The van der Waals surface area contributed by atoms with Gasteiger partial charge < -0.3 is 14.4 Å². The molecule has 0 unspecified atom stereocenters. The monoisotopic (exact) mass is 283 g/mol. The quantitative estimate of drug-likeness (QED) is 0.848. The van der Waals surface area contributed by atoms with Gasteiger partial charge in [-0.3, -0.25) is 0 Å². The number of aromatic nitrogens is 2. The SMILES string of the molecule is c1nc(-c2ccc3c(c2)OCO3)cc(N2CCCCC2)n1. The van der Waals surface area contributed by atoms with Crippen LogP contribution in [0.1, 0.15) is 19.3 Å². The fourth-order valence-electron chi connectivity index (χ4n) is 2.86. The van der Waals surface area contributed by atoms with Gasteiger partial charge in [-0.2, -0.15) is 0 Å². The van der Waals surface area contributed by atoms with Gasteiger partial charge in [0.1, 0.15) is 12.1 Å². The van der Waals surface area contributed by atoms with Crippen LogP contribution < -0.4 is 14.4 Å². The lowest BCUT2D eigenvalue weighted by Gasteiger charge is -2.27. The topological polar surface area (TPSA) is 47.5 Å². The van der Waals surface area contributed by atoms with Crippen molar-refractivity contribution in [2.24, 2.45) is 0 Å². The Balaban J connectivity index is 1.65.